The van der Waals surface area contributed by atoms with Crippen LogP contribution in [0.25, 0.3) is 0 Å². The van der Waals surface area contributed by atoms with Gasteiger partial charge in [0.25, 0.3) is 0 Å². The number of nitrogens with zero attached hydrogens (tertiary/aromatic N) is 1. The van der Waals surface area contributed by atoms with E-state index in [-0.39, 0.29) is 6.61 Å². The minimum Gasteiger partial charge on any atom is -0.396 e. The third-order valence-electron chi connectivity index (χ3n) is 3.87. The normalized spacial score (nSPS) is 17.5. The molecule has 0 aromatic heterocycles. The molecule has 1 saturated heterocycles. The van der Waals surface area contributed by atoms with Gasteiger partial charge in [-0.25, -0.2) is 0 Å². The van der Waals surface area contributed by atoms with Crippen molar-refractivity contribution in [1.82, 2.24) is 5.32 Å². The lowest BCUT2D eigenvalue weighted by atomic mass is 10.1. The quantitative estimate of drug-likeness (QED) is 0.827. The standard InChI is InChI=1S/C16H26N2O/c1-14(9-12-19)17-13-15-5-7-16(8-6-15)18-10-3-2-4-11-18/h5-8,14,17,19H,2-4,9-13H2,1H3. The fourth-order valence-corrected chi connectivity index (χ4v) is 2.56. The molecule has 1 atom stereocenters. The lowest BCUT2D eigenvalue weighted by Gasteiger charge is -2.28. The number of hydrogen-bond donors (Lipinski definition) is 2. The van der Waals surface area contributed by atoms with Crippen LogP contribution in [0.1, 0.15) is 38.2 Å². The lowest BCUT2D eigenvalue weighted by molar-refractivity contribution is 0.268. The zero-order valence-corrected chi connectivity index (χ0v) is 11.9. The first-order valence-electron chi connectivity index (χ1n) is 7.48. The number of piperidine rings is 1. The molecule has 106 valence electrons. The summed E-state index contributed by atoms with van der Waals surface area (Å²) in [6.07, 6.45) is 4.83. The van der Waals surface area contributed by atoms with E-state index >= 15 is 0 Å². The maximum absolute atomic E-state index is 8.87. The predicted octanol–water partition coefficient (Wildman–Crippen LogP) is 2.54. The van der Waals surface area contributed by atoms with Gasteiger partial charge >= 0.3 is 0 Å². The molecule has 1 fully saturated rings. The van der Waals surface area contributed by atoms with E-state index in [1.807, 2.05) is 0 Å². The lowest BCUT2D eigenvalue weighted by Crippen LogP contribution is -2.29. The molecule has 0 spiro atoms. The van der Waals surface area contributed by atoms with E-state index in [1.165, 1.54) is 43.6 Å². The minimum atomic E-state index is 0.252. The fraction of sp³-hybridized carbons (Fsp3) is 0.625. The van der Waals surface area contributed by atoms with Crippen molar-refractivity contribution >= 4 is 5.69 Å². The number of anilines is 1. The number of benzene rings is 1. The van der Waals surface area contributed by atoms with E-state index in [4.69, 9.17) is 5.11 Å². The van der Waals surface area contributed by atoms with Crippen LogP contribution in [0.4, 0.5) is 5.69 Å². The molecule has 19 heavy (non-hydrogen) atoms. The van der Waals surface area contributed by atoms with Crippen LogP contribution in [0.3, 0.4) is 0 Å². The summed E-state index contributed by atoms with van der Waals surface area (Å²) in [5.41, 5.74) is 2.66. The van der Waals surface area contributed by atoms with Gasteiger partial charge in [-0.2, -0.15) is 0 Å². The second-order valence-corrected chi connectivity index (χ2v) is 5.51. The van der Waals surface area contributed by atoms with Gasteiger partial charge in [-0.1, -0.05) is 12.1 Å². The zero-order valence-electron chi connectivity index (χ0n) is 11.9. The summed E-state index contributed by atoms with van der Waals surface area (Å²) in [7, 11) is 0. The summed E-state index contributed by atoms with van der Waals surface area (Å²) in [4.78, 5) is 2.48. The van der Waals surface area contributed by atoms with Crippen LogP contribution in [0.5, 0.6) is 0 Å². The summed E-state index contributed by atoms with van der Waals surface area (Å²) >= 11 is 0. The van der Waals surface area contributed by atoms with E-state index < -0.39 is 0 Å². The first-order valence-corrected chi connectivity index (χ1v) is 7.48. The molecule has 1 unspecified atom stereocenters. The van der Waals surface area contributed by atoms with Gasteiger partial charge in [0.1, 0.15) is 0 Å². The highest BCUT2D eigenvalue weighted by molar-refractivity contribution is 5.47. The van der Waals surface area contributed by atoms with E-state index in [0.29, 0.717) is 6.04 Å². The zero-order chi connectivity index (χ0) is 13.5. The van der Waals surface area contributed by atoms with Crippen LogP contribution in [0, 0.1) is 0 Å². The summed E-state index contributed by atoms with van der Waals surface area (Å²) in [6.45, 7) is 5.64. The van der Waals surface area contributed by atoms with E-state index in [1.54, 1.807) is 0 Å². The van der Waals surface area contributed by atoms with Crippen LogP contribution in [-0.4, -0.2) is 30.8 Å². The van der Waals surface area contributed by atoms with Crippen molar-refractivity contribution in [3.8, 4) is 0 Å². The molecule has 2 N–H and O–H groups in total. The van der Waals surface area contributed by atoms with E-state index in [0.717, 1.165) is 13.0 Å². The maximum Gasteiger partial charge on any atom is 0.0445 e. The Hall–Kier alpha value is -1.06. The van der Waals surface area contributed by atoms with Crippen molar-refractivity contribution in [3.05, 3.63) is 29.8 Å². The largest absolute Gasteiger partial charge is 0.396 e. The third-order valence-corrected chi connectivity index (χ3v) is 3.87. The number of hydrogen-bond acceptors (Lipinski definition) is 3. The van der Waals surface area contributed by atoms with Crippen LogP contribution < -0.4 is 10.2 Å². The molecular formula is C16H26N2O. The number of rotatable bonds is 6. The van der Waals surface area contributed by atoms with Crippen molar-refractivity contribution in [2.45, 2.75) is 45.2 Å². The molecular weight excluding hydrogens is 236 g/mol. The Morgan fingerprint density at radius 2 is 1.84 bits per heavy atom. The topological polar surface area (TPSA) is 35.5 Å². The molecule has 2 rings (SSSR count). The van der Waals surface area contributed by atoms with Gasteiger partial charge in [0.15, 0.2) is 0 Å². The Labute approximate surface area is 116 Å². The summed E-state index contributed by atoms with van der Waals surface area (Å²) in [6, 6.07) is 9.26. The molecule has 1 aliphatic heterocycles. The van der Waals surface area contributed by atoms with Gasteiger partial charge in [0.2, 0.25) is 0 Å². The van der Waals surface area contributed by atoms with Crippen LogP contribution in [-0.2, 0) is 6.54 Å². The monoisotopic (exact) mass is 262 g/mol. The number of nitrogens with one attached hydrogen (secondary N) is 1. The Bertz CT molecular complexity index is 358. The van der Waals surface area contributed by atoms with Crippen LogP contribution in [0.2, 0.25) is 0 Å². The highest BCUT2D eigenvalue weighted by Crippen LogP contribution is 2.20. The molecule has 0 bridgehead atoms. The Kier molecular flexibility index (Phi) is 5.67. The van der Waals surface area contributed by atoms with Crippen LogP contribution in [0.15, 0.2) is 24.3 Å². The van der Waals surface area contributed by atoms with Crippen molar-refractivity contribution in [3.63, 3.8) is 0 Å². The van der Waals surface area contributed by atoms with Crippen molar-refractivity contribution in [2.24, 2.45) is 0 Å². The Morgan fingerprint density at radius 1 is 1.16 bits per heavy atom. The molecule has 1 aliphatic rings. The fourth-order valence-electron chi connectivity index (χ4n) is 2.56. The van der Waals surface area contributed by atoms with Gasteiger partial charge in [-0.05, 0) is 50.3 Å². The SMILES string of the molecule is CC(CCO)NCc1ccc(N2CCCCC2)cc1. The molecule has 1 heterocycles. The van der Waals surface area contributed by atoms with Crippen molar-refractivity contribution in [1.29, 1.82) is 0 Å². The van der Waals surface area contributed by atoms with Gasteiger partial charge in [0, 0.05) is 38.0 Å². The summed E-state index contributed by atoms with van der Waals surface area (Å²) < 4.78 is 0. The molecule has 0 saturated carbocycles. The van der Waals surface area contributed by atoms with Gasteiger partial charge < -0.3 is 15.3 Å². The van der Waals surface area contributed by atoms with Crippen molar-refractivity contribution in [2.75, 3.05) is 24.6 Å². The first kappa shape index (κ1) is 14.4. The van der Waals surface area contributed by atoms with Crippen LogP contribution >= 0.6 is 0 Å². The Morgan fingerprint density at radius 3 is 2.47 bits per heavy atom. The number of aliphatic hydroxyl groups is 1. The minimum absolute atomic E-state index is 0.252. The molecule has 1 aromatic rings. The average Bonchev–Trinajstić information content (AvgIpc) is 2.47. The molecule has 0 radical (unpaired) electrons. The highest BCUT2D eigenvalue weighted by atomic mass is 16.3. The maximum atomic E-state index is 8.87. The summed E-state index contributed by atoms with van der Waals surface area (Å²) in [5, 5.41) is 12.3. The van der Waals surface area contributed by atoms with Gasteiger partial charge in [-0.3, -0.25) is 0 Å². The van der Waals surface area contributed by atoms with E-state index in [2.05, 4.69) is 41.4 Å². The summed E-state index contributed by atoms with van der Waals surface area (Å²) in [5.74, 6) is 0. The van der Waals surface area contributed by atoms with Gasteiger partial charge in [0.05, 0.1) is 0 Å². The Balaban J connectivity index is 1.83. The van der Waals surface area contributed by atoms with Gasteiger partial charge in [-0.15, -0.1) is 0 Å². The van der Waals surface area contributed by atoms with Crippen molar-refractivity contribution < 1.29 is 5.11 Å². The molecule has 3 heteroatoms. The molecule has 3 nitrogen and oxygen atoms in total. The second-order valence-electron chi connectivity index (χ2n) is 5.51. The molecule has 0 aliphatic carbocycles. The average molecular weight is 262 g/mol. The third kappa shape index (κ3) is 4.51. The van der Waals surface area contributed by atoms with E-state index in [9.17, 15) is 0 Å². The first-order chi connectivity index (χ1) is 9.29. The second kappa shape index (κ2) is 7.51. The molecule has 1 aromatic carbocycles. The number of aliphatic hydroxyl groups excluding tert-OH is 1. The smallest absolute Gasteiger partial charge is 0.0445 e. The highest BCUT2D eigenvalue weighted by Gasteiger charge is 2.10. The predicted molar refractivity (Wildman–Crippen MR) is 80.5 cm³/mol. The molecule has 0 amide bonds.